The molecule has 0 unspecified atom stereocenters. The minimum Gasteiger partial charge on any atom is -0.509 e. The minimum atomic E-state index is 0. The van der Waals surface area contributed by atoms with Gasteiger partial charge in [-0.3, -0.25) is 4.68 Å². The van der Waals surface area contributed by atoms with Crippen LogP contribution >= 0.6 is 0 Å². The van der Waals surface area contributed by atoms with Crippen LogP contribution in [-0.4, -0.2) is 26.4 Å². The maximum Gasteiger partial charge on any atom is 2.00 e. The summed E-state index contributed by atoms with van der Waals surface area (Å²) in [5, 5.41) is 6.95. The predicted octanol–water partition coefficient (Wildman–Crippen LogP) is 9.17. The fraction of sp³-hybridized carbons (Fsp3) is 0.158. The van der Waals surface area contributed by atoms with Crippen molar-refractivity contribution in [3.63, 3.8) is 0 Å². The van der Waals surface area contributed by atoms with Gasteiger partial charge in [0.2, 0.25) is 0 Å². The number of methoxy groups -OCH3 is 1. The molecule has 0 fully saturated rings. The zero-order chi connectivity index (χ0) is 30.4. The van der Waals surface area contributed by atoms with Gasteiger partial charge in [-0.2, -0.15) is 17.2 Å². The Balaban J connectivity index is 0.00000357. The second-order valence-corrected chi connectivity index (χ2v) is 11.2. The third-order valence-electron chi connectivity index (χ3n) is 8.08. The van der Waals surface area contributed by atoms with Crippen LogP contribution in [0.3, 0.4) is 0 Å². The normalized spacial score (nSPS) is 11.2. The van der Waals surface area contributed by atoms with Gasteiger partial charge in [0.25, 0.3) is 0 Å². The number of benzene rings is 4. The molecule has 7 aromatic rings. The first-order valence-electron chi connectivity index (χ1n) is 14.7. The third kappa shape index (κ3) is 5.55. The van der Waals surface area contributed by atoms with Crippen molar-refractivity contribution in [1.29, 1.82) is 0 Å². The summed E-state index contributed by atoms with van der Waals surface area (Å²) in [6, 6.07) is 37.5. The molecular formula is C38H32N4O2Pt. The molecule has 0 aliphatic rings. The molecule has 3 heterocycles. The molecule has 0 saturated heterocycles. The molecule has 0 radical (unpaired) electrons. The molecule has 0 aliphatic heterocycles. The smallest absolute Gasteiger partial charge is 0.509 e. The Bertz CT molecular complexity index is 2150. The molecule has 0 atom stereocenters. The summed E-state index contributed by atoms with van der Waals surface area (Å²) in [6.45, 7) is 8.50. The van der Waals surface area contributed by atoms with E-state index in [9.17, 15) is 0 Å². The van der Waals surface area contributed by atoms with Gasteiger partial charge in [0.05, 0.1) is 12.8 Å². The molecule has 0 N–H and O–H groups in total. The largest absolute Gasteiger partial charge is 2.00 e. The molecule has 3 aromatic heterocycles. The summed E-state index contributed by atoms with van der Waals surface area (Å²) in [7, 11) is 1.69. The maximum atomic E-state index is 6.39. The summed E-state index contributed by atoms with van der Waals surface area (Å²) < 4.78 is 16.0. The van der Waals surface area contributed by atoms with Gasteiger partial charge in [-0.1, -0.05) is 49.7 Å². The number of hydrogen-bond acceptors (Lipinski definition) is 4. The Morgan fingerprint density at radius 1 is 0.800 bits per heavy atom. The zero-order valence-corrected chi connectivity index (χ0v) is 28.0. The first-order valence-corrected chi connectivity index (χ1v) is 14.7. The number of ether oxygens (including phenoxy) is 2. The summed E-state index contributed by atoms with van der Waals surface area (Å²) in [4.78, 5) is 4.76. The molecule has 6 nitrogen and oxygen atoms in total. The van der Waals surface area contributed by atoms with Gasteiger partial charge in [0, 0.05) is 34.5 Å². The third-order valence-corrected chi connectivity index (χ3v) is 8.08. The van der Waals surface area contributed by atoms with Crippen LogP contribution in [0.5, 0.6) is 17.2 Å². The van der Waals surface area contributed by atoms with Crippen molar-refractivity contribution in [2.24, 2.45) is 0 Å². The Labute approximate surface area is 277 Å². The van der Waals surface area contributed by atoms with E-state index >= 15 is 0 Å². The molecule has 7 heteroatoms. The van der Waals surface area contributed by atoms with E-state index in [1.165, 1.54) is 5.56 Å². The van der Waals surface area contributed by atoms with E-state index in [1.54, 1.807) is 7.11 Å². The van der Waals surface area contributed by atoms with Crippen molar-refractivity contribution in [1.82, 2.24) is 19.3 Å². The van der Waals surface area contributed by atoms with E-state index in [2.05, 4.69) is 79.9 Å². The Morgan fingerprint density at radius 3 is 2.38 bits per heavy atom. The molecule has 4 aromatic carbocycles. The quantitative estimate of drug-likeness (QED) is 0.152. The van der Waals surface area contributed by atoms with Crippen LogP contribution in [0.15, 0.2) is 97.2 Å². The van der Waals surface area contributed by atoms with E-state index in [-0.39, 0.29) is 21.1 Å². The molecule has 0 aliphatic carbocycles. The molecule has 45 heavy (non-hydrogen) atoms. The summed E-state index contributed by atoms with van der Waals surface area (Å²) in [5.41, 5.74) is 8.21. The molecular weight excluding hydrogens is 740 g/mol. The summed E-state index contributed by atoms with van der Waals surface area (Å²) in [6.07, 6.45) is 1.87. The van der Waals surface area contributed by atoms with Crippen LogP contribution in [0.1, 0.15) is 36.7 Å². The Morgan fingerprint density at radius 2 is 1.60 bits per heavy atom. The van der Waals surface area contributed by atoms with E-state index < -0.39 is 0 Å². The number of rotatable bonds is 7. The number of aromatic nitrogens is 4. The van der Waals surface area contributed by atoms with Crippen molar-refractivity contribution in [2.45, 2.75) is 33.6 Å². The van der Waals surface area contributed by atoms with Gasteiger partial charge >= 0.3 is 21.1 Å². The topological polar surface area (TPSA) is 54.1 Å². The first kappa shape index (κ1) is 30.4. The van der Waals surface area contributed by atoms with Gasteiger partial charge in [0.15, 0.2) is 0 Å². The van der Waals surface area contributed by atoms with Crippen LogP contribution in [0.2, 0.25) is 0 Å². The SMILES string of the molecule is COc1ccc2c(c1)c1ccc(Oc3[c-]c(-n4nc(C)c(-c5ccccc5)c4C)ccc3)[c-]c1n2-c1cc(C(C)C)ccn1.[Pt+2]. The fourth-order valence-corrected chi connectivity index (χ4v) is 5.88. The fourth-order valence-electron chi connectivity index (χ4n) is 5.88. The van der Waals surface area contributed by atoms with Gasteiger partial charge in [0.1, 0.15) is 11.6 Å². The Kier molecular flexibility index (Phi) is 8.35. The molecule has 0 bridgehead atoms. The van der Waals surface area contributed by atoms with Crippen LogP contribution < -0.4 is 9.47 Å². The number of aryl methyl sites for hydroxylation is 1. The van der Waals surface area contributed by atoms with Crippen LogP contribution in [-0.2, 0) is 21.1 Å². The van der Waals surface area contributed by atoms with Crippen molar-refractivity contribution >= 4 is 21.8 Å². The van der Waals surface area contributed by atoms with Gasteiger partial charge < -0.3 is 14.0 Å². The average molecular weight is 772 g/mol. The van der Waals surface area contributed by atoms with Crippen LogP contribution in [0.25, 0.3) is 44.4 Å². The number of fused-ring (bicyclic) bond motifs is 3. The van der Waals surface area contributed by atoms with Crippen molar-refractivity contribution in [3.05, 3.63) is 126 Å². The van der Waals surface area contributed by atoms with Crippen molar-refractivity contribution < 1.29 is 30.5 Å². The van der Waals surface area contributed by atoms with Crippen LogP contribution in [0.4, 0.5) is 0 Å². The molecule has 0 saturated carbocycles. The average Bonchev–Trinajstić information content (AvgIpc) is 3.53. The molecule has 226 valence electrons. The summed E-state index contributed by atoms with van der Waals surface area (Å²) in [5.74, 6) is 3.17. The molecule has 7 rings (SSSR count). The van der Waals surface area contributed by atoms with Gasteiger partial charge in [-0.05, 0) is 72.3 Å². The van der Waals surface area contributed by atoms with Crippen molar-refractivity contribution in [3.8, 4) is 39.9 Å². The van der Waals surface area contributed by atoms with E-state index in [0.717, 1.165) is 61.6 Å². The number of hydrogen-bond donors (Lipinski definition) is 0. The van der Waals surface area contributed by atoms with Crippen molar-refractivity contribution in [2.75, 3.05) is 7.11 Å². The van der Waals surface area contributed by atoms with E-state index in [0.29, 0.717) is 17.4 Å². The predicted molar refractivity (Wildman–Crippen MR) is 175 cm³/mol. The number of pyridine rings is 1. The monoisotopic (exact) mass is 771 g/mol. The minimum absolute atomic E-state index is 0. The number of nitrogens with zero attached hydrogens (tertiary/aromatic N) is 4. The zero-order valence-electron chi connectivity index (χ0n) is 25.7. The van der Waals surface area contributed by atoms with E-state index in [4.69, 9.17) is 19.6 Å². The second kappa shape index (κ2) is 12.4. The Hall–Kier alpha value is -4.67. The molecule has 0 amide bonds. The molecule has 0 spiro atoms. The second-order valence-electron chi connectivity index (χ2n) is 11.2. The van der Waals surface area contributed by atoms with E-state index in [1.807, 2.05) is 66.3 Å². The van der Waals surface area contributed by atoms with Crippen LogP contribution in [0, 0.1) is 26.0 Å². The first-order chi connectivity index (χ1) is 21.4. The summed E-state index contributed by atoms with van der Waals surface area (Å²) >= 11 is 0. The van der Waals surface area contributed by atoms with Gasteiger partial charge in [-0.15, -0.1) is 35.7 Å². The standard InChI is InChI=1S/C38H32N4O2.Pt/c1-24(2)28-18-19-39-37(20-28)41-35-17-15-30(43-5)22-34(35)33-16-14-32(23-36(33)41)44-31-13-9-12-29(21-31)42-26(4)38(25(3)40-42)27-10-7-6-8-11-27;/h6-20,22,24H,1-5H3;/q-2;+2. The van der Waals surface area contributed by atoms with Gasteiger partial charge in [-0.25, -0.2) is 4.98 Å². The maximum absolute atomic E-state index is 6.39.